The van der Waals surface area contributed by atoms with Crippen molar-refractivity contribution in [3.63, 3.8) is 0 Å². The molecule has 5 rings (SSSR count). The number of amides is 3. The number of methoxy groups -OCH3 is 1. The Morgan fingerprint density at radius 1 is 1.05 bits per heavy atom. The van der Waals surface area contributed by atoms with Crippen LogP contribution in [0.3, 0.4) is 0 Å². The first-order valence-electron chi connectivity index (χ1n) is 13.1. The van der Waals surface area contributed by atoms with E-state index in [-0.39, 0.29) is 30.4 Å². The van der Waals surface area contributed by atoms with E-state index in [9.17, 15) is 14.4 Å². The summed E-state index contributed by atoms with van der Waals surface area (Å²) in [5, 5.41) is 3.64. The molecule has 3 fully saturated rings. The van der Waals surface area contributed by atoms with Gasteiger partial charge in [-0.3, -0.25) is 19.3 Å². The Balaban J connectivity index is 1.36. The largest absolute Gasteiger partial charge is 0.497 e. The topological polar surface area (TPSA) is 97.4 Å². The molecule has 3 amide bonds. The highest BCUT2D eigenvalue weighted by Crippen LogP contribution is 2.39. The fourth-order valence-electron chi connectivity index (χ4n) is 5.47. The van der Waals surface area contributed by atoms with Crippen molar-refractivity contribution >= 4 is 40.9 Å². The summed E-state index contributed by atoms with van der Waals surface area (Å²) in [6.45, 7) is 1.81. The molecule has 39 heavy (non-hydrogen) atoms. The highest BCUT2D eigenvalue weighted by atomic mass is 35.5. The molecule has 0 radical (unpaired) electrons. The average molecular weight is 576 g/mol. The van der Waals surface area contributed by atoms with Gasteiger partial charge in [-0.1, -0.05) is 29.3 Å². The van der Waals surface area contributed by atoms with Crippen LogP contribution in [0.15, 0.2) is 42.5 Å². The van der Waals surface area contributed by atoms with Gasteiger partial charge in [-0.2, -0.15) is 0 Å². The van der Waals surface area contributed by atoms with Crippen LogP contribution >= 0.6 is 23.2 Å². The monoisotopic (exact) mass is 575 g/mol. The van der Waals surface area contributed by atoms with Crippen molar-refractivity contribution in [3.8, 4) is 5.75 Å². The summed E-state index contributed by atoms with van der Waals surface area (Å²) in [4.78, 5) is 43.7. The summed E-state index contributed by atoms with van der Waals surface area (Å²) in [6, 6.07) is 10.8. The Hall–Kier alpha value is -2.85. The summed E-state index contributed by atoms with van der Waals surface area (Å²) in [6.07, 6.45) is 2.54. The molecule has 2 aromatic carbocycles. The minimum absolute atomic E-state index is 0.0246. The molecule has 0 bridgehead atoms. The van der Waals surface area contributed by atoms with Crippen molar-refractivity contribution in [3.05, 3.63) is 63.6 Å². The quantitative estimate of drug-likeness (QED) is 0.563. The van der Waals surface area contributed by atoms with E-state index >= 15 is 0 Å². The molecule has 3 heterocycles. The van der Waals surface area contributed by atoms with Crippen LogP contribution in [0.1, 0.15) is 46.4 Å². The van der Waals surface area contributed by atoms with E-state index in [0.717, 1.165) is 12.8 Å². The number of hydrogen-bond acceptors (Lipinski definition) is 6. The maximum Gasteiger partial charge on any atom is 0.257 e. The summed E-state index contributed by atoms with van der Waals surface area (Å²) < 4.78 is 17.2. The second-order valence-corrected chi connectivity index (χ2v) is 10.8. The molecule has 1 spiro atoms. The molecule has 1 N–H and O–H groups in total. The maximum absolute atomic E-state index is 13.9. The van der Waals surface area contributed by atoms with Crippen molar-refractivity contribution in [1.29, 1.82) is 0 Å². The van der Waals surface area contributed by atoms with Gasteiger partial charge in [0.25, 0.3) is 11.8 Å². The van der Waals surface area contributed by atoms with Crippen LogP contribution in [-0.4, -0.2) is 85.3 Å². The van der Waals surface area contributed by atoms with Crippen LogP contribution in [-0.2, 0) is 14.3 Å². The van der Waals surface area contributed by atoms with Crippen LogP contribution in [0, 0.1) is 0 Å². The zero-order chi connectivity index (χ0) is 27.6. The normalized spacial score (nSPS) is 22.2. The lowest BCUT2D eigenvalue weighted by Crippen LogP contribution is -2.60. The number of hydrogen-bond donors (Lipinski definition) is 1. The van der Waals surface area contributed by atoms with Gasteiger partial charge in [0, 0.05) is 50.2 Å². The zero-order valence-corrected chi connectivity index (χ0v) is 23.2. The molecule has 3 aliphatic heterocycles. The Bertz CT molecular complexity index is 1240. The number of carbonyl (C=O) groups excluding carboxylic acids is 3. The van der Waals surface area contributed by atoms with E-state index < -0.39 is 11.8 Å². The molecule has 2 aromatic rings. The fraction of sp³-hybridized carbons (Fsp3) is 0.464. The van der Waals surface area contributed by atoms with Crippen molar-refractivity contribution < 1.29 is 28.6 Å². The van der Waals surface area contributed by atoms with Gasteiger partial charge >= 0.3 is 0 Å². The molecule has 0 aromatic heterocycles. The second kappa shape index (κ2) is 11.7. The van der Waals surface area contributed by atoms with E-state index in [2.05, 4.69) is 5.32 Å². The summed E-state index contributed by atoms with van der Waals surface area (Å²) in [5.41, 5.74) is -0.200. The number of rotatable bonds is 6. The van der Waals surface area contributed by atoms with E-state index in [4.69, 9.17) is 37.4 Å². The highest BCUT2D eigenvalue weighted by Gasteiger charge is 2.54. The molecule has 3 saturated heterocycles. The average Bonchev–Trinajstić information content (AvgIpc) is 3.61. The second-order valence-electron chi connectivity index (χ2n) is 9.98. The number of nitrogens with one attached hydrogen (secondary N) is 1. The van der Waals surface area contributed by atoms with Crippen molar-refractivity contribution in [2.24, 2.45) is 0 Å². The number of carbonyl (C=O) groups is 3. The molecule has 208 valence electrons. The zero-order valence-electron chi connectivity index (χ0n) is 21.7. The Morgan fingerprint density at radius 2 is 1.82 bits per heavy atom. The molecule has 0 aliphatic carbocycles. The lowest BCUT2D eigenvalue weighted by Gasteiger charge is -2.44. The molecule has 2 atom stereocenters. The third-order valence-electron chi connectivity index (χ3n) is 7.63. The number of nitrogens with zero attached hydrogens (tertiary/aromatic N) is 2. The Labute approximate surface area is 237 Å². The predicted molar refractivity (Wildman–Crippen MR) is 145 cm³/mol. The van der Waals surface area contributed by atoms with Crippen LogP contribution in [0.25, 0.3) is 0 Å². The van der Waals surface area contributed by atoms with Gasteiger partial charge in [-0.15, -0.1) is 0 Å². The number of piperidine rings is 1. The number of benzene rings is 2. The van der Waals surface area contributed by atoms with Crippen LogP contribution < -0.4 is 10.1 Å². The van der Waals surface area contributed by atoms with Crippen molar-refractivity contribution in [2.45, 2.75) is 43.6 Å². The summed E-state index contributed by atoms with van der Waals surface area (Å²) >= 11 is 12.1. The fourth-order valence-corrected chi connectivity index (χ4v) is 5.77. The van der Waals surface area contributed by atoms with E-state index in [0.29, 0.717) is 66.0 Å². The van der Waals surface area contributed by atoms with Gasteiger partial charge in [0.05, 0.1) is 29.9 Å². The first kappa shape index (κ1) is 27.7. The van der Waals surface area contributed by atoms with Crippen LogP contribution in [0.4, 0.5) is 0 Å². The summed E-state index contributed by atoms with van der Waals surface area (Å²) in [7, 11) is 1.53. The van der Waals surface area contributed by atoms with Gasteiger partial charge in [0.15, 0.2) is 0 Å². The third kappa shape index (κ3) is 5.72. The van der Waals surface area contributed by atoms with Crippen LogP contribution in [0.5, 0.6) is 5.75 Å². The number of likely N-dealkylation sites (tertiary alicyclic amines) is 1. The van der Waals surface area contributed by atoms with E-state index in [1.54, 1.807) is 52.3 Å². The lowest BCUT2D eigenvalue weighted by molar-refractivity contribution is -0.128. The Kier molecular flexibility index (Phi) is 8.32. The third-order valence-corrected chi connectivity index (χ3v) is 8.36. The molecule has 3 aliphatic rings. The first-order valence-corrected chi connectivity index (χ1v) is 13.8. The Morgan fingerprint density at radius 3 is 2.51 bits per heavy atom. The van der Waals surface area contributed by atoms with Crippen LogP contribution in [0.2, 0.25) is 10.0 Å². The molecule has 9 nitrogen and oxygen atoms in total. The van der Waals surface area contributed by atoms with Gasteiger partial charge in [0.2, 0.25) is 5.91 Å². The minimum Gasteiger partial charge on any atom is -0.497 e. The first-order chi connectivity index (χ1) is 18.8. The van der Waals surface area contributed by atoms with Crippen molar-refractivity contribution in [2.75, 3.05) is 40.0 Å². The van der Waals surface area contributed by atoms with Gasteiger partial charge in [-0.25, -0.2) is 0 Å². The summed E-state index contributed by atoms with van der Waals surface area (Å²) in [5.74, 6) is -0.254. The smallest absolute Gasteiger partial charge is 0.257 e. The molecule has 0 unspecified atom stereocenters. The van der Waals surface area contributed by atoms with E-state index in [1.165, 1.54) is 7.11 Å². The molecular formula is C28H31Cl2N3O6. The minimum atomic E-state index is -1.03. The SMILES string of the molecule is COc1cccc(C(=O)N2[C@@H](C(=O)NC[C@H]3CCCO3)COC23CCN(C(=O)c2ccc(Cl)c(Cl)c2)CC3)c1. The van der Waals surface area contributed by atoms with Gasteiger partial charge in [-0.05, 0) is 49.2 Å². The van der Waals surface area contributed by atoms with Crippen molar-refractivity contribution in [1.82, 2.24) is 15.1 Å². The predicted octanol–water partition coefficient (Wildman–Crippen LogP) is 3.77. The molecule has 11 heteroatoms. The lowest BCUT2D eigenvalue weighted by atomic mass is 9.96. The highest BCUT2D eigenvalue weighted by molar-refractivity contribution is 6.42. The number of ether oxygens (including phenoxy) is 3. The standard InChI is InChI=1S/C28H31Cl2N3O6/c1-37-20-5-2-4-18(14-20)27(36)33-24(25(34)31-16-21-6-3-13-38-21)17-39-28(33)9-11-32(12-10-28)26(35)19-7-8-22(29)23(30)15-19/h2,4-5,7-8,14-15,21,24H,3,6,9-13,16-17H2,1H3,(H,31,34)/t21-,24-/m1/s1. The number of halogens is 2. The molecular weight excluding hydrogens is 545 g/mol. The van der Waals surface area contributed by atoms with Gasteiger partial charge < -0.3 is 24.4 Å². The maximum atomic E-state index is 13.9. The molecule has 0 saturated carbocycles. The van der Waals surface area contributed by atoms with E-state index in [1.807, 2.05) is 0 Å². The van der Waals surface area contributed by atoms with Gasteiger partial charge in [0.1, 0.15) is 17.5 Å².